The summed E-state index contributed by atoms with van der Waals surface area (Å²) in [5.41, 5.74) is 6.76. The second kappa shape index (κ2) is 5.27. The van der Waals surface area contributed by atoms with Gasteiger partial charge in [0.1, 0.15) is 0 Å². The van der Waals surface area contributed by atoms with Gasteiger partial charge in [0.25, 0.3) is 0 Å². The van der Waals surface area contributed by atoms with Crippen molar-refractivity contribution in [2.75, 3.05) is 13.1 Å². The molecule has 4 heteroatoms. The minimum atomic E-state index is 0.117. The average molecular weight is 233 g/mol. The van der Waals surface area contributed by atoms with Crippen LogP contribution in [-0.4, -0.2) is 34.9 Å². The summed E-state index contributed by atoms with van der Waals surface area (Å²) in [7, 11) is 0. The fourth-order valence-corrected chi connectivity index (χ4v) is 2.37. The van der Waals surface area contributed by atoms with Crippen LogP contribution in [0.1, 0.15) is 19.0 Å². The number of rotatable bonds is 2. The number of piperidine rings is 1. The molecule has 0 aliphatic carbocycles. The maximum Gasteiger partial charge on any atom is 0.228 e. The van der Waals surface area contributed by atoms with Crippen molar-refractivity contribution in [2.45, 2.75) is 25.8 Å². The zero-order chi connectivity index (χ0) is 12.3. The van der Waals surface area contributed by atoms with Crippen LogP contribution in [0.4, 0.5) is 0 Å². The molecule has 0 bridgehead atoms. The van der Waals surface area contributed by atoms with Gasteiger partial charge in [-0.05, 0) is 24.5 Å². The van der Waals surface area contributed by atoms with Crippen LogP contribution >= 0.6 is 0 Å². The van der Waals surface area contributed by atoms with E-state index in [-0.39, 0.29) is 11.9 Å². The normalized spacial score (nSPS) is 24.7. The molecule has 1 amide bonds. The summed E-state index contributed by atoms with van der Waals surface area (Å²) >= 11 is 0. The highest BCUT2D eigenvalue weighted by Gasteiger charge is 2.25. The quantitative estimate of drug-likeness (QED) is 0.822. The Kier molecular flexibility index (Phi) is 3.74. The van der Waals surface area contributed by atoms with E-state index in [0.717, 1.165) is 18.7 Å². The van der Waals surface area contributed by atoms with Gasteiger partial charge in [-0.3, -0.25) is 9.78 Å². The summed E-state index contributed by atoms with van der Waals surface area (Å²) in [5, 5.41) is 0. The fraction of sp³-hybridized carbons (Fsp3) is 0.538. The first kappa shape index (κ1) is 12.0. The molecule has 1 aromatic heterocycles. The Morgan fingerprint density at radius 1 is 1.53 bits per heavy atom. The van der Waals surface area contributed by atoms with E-state index in [2.05, 4.69) is 11.9 Å². The molecule has 0 spiro atoms. The van der Waals surface area contributed by atoms with Crippen molar-refractivity contribution in [2.24, 2.45) is 11.7 Å². The molecule has 2 unspecified atom stereocenters. The Morgan fingerprint density at radius 3 is 3.00 bits per heavy atom. The van der Waals surface area contributed by atoms with Gasteiger partial charge in [-0.15, -0.1) is 0 Å². The molecule has 92 valence electrons. The first-order valence-electron chi connectivity index (χ1n) is 6.08. The van der Waals surface area contributed by atoms with Gasteiger partial charge in [-0.1, -0.05) is 13.0 Å². The van der Waals surface area contributed by atoms with Crippen molar-refractivity contribution in [1.29, 1.82) is 0 Å². The van der Waals surface area contributed by atoms with E-state index in [1.165, 1.54) is 0 Å². The van der Waals surface area contributed by atoms with Crippen LogP contribution in [-0.2, 0) is 11.2 Å². The maximum atomic E-state index is 12.1. The van der Waals surface area contributed by atoms with Gasteiger partial charge in [0.15, 0.2) is 0 Å². The van der Waals surface area contributed by atoms with E-state index in [1.807, 2.05) is 23.1 Å². The van der Waals surface area contributed by atoms with Crippen molar-refractivity contribution in [3.8, 4) is 0 Å². The maximum absolute atomic E-state index is 12.1. The number of carbonyl (C=O) groups excluding carboxylic acids is 1. The summed E-state index contributed by atoms with van der Waals surface area (Å²) < 4.78 is 0. The Labute approximate surface area is 102 Å². The van der Waals surface area contributed by atoms with Crippen LogP contribution < -0.4 is 5.73 Å². The molecule has 1 fully saturated rings. The standard InChI is InChI=1S/C13H19N3O/c1-10-6-11(14)9-16(8-10)13(17)7-12-4-2-3-5-15-12/h2-5,10-11H,6-9,14H2,1H3. The second-order valence-corrected chi connectivity index (χ2v) is 4.90. The highest BCUT2D eigenvalue weighted by Crippen LogP contribution is 2.15. The Hall–Kier alpha value is -1.42. The van der Waals surface area contributed by atoms with Crippen LogP contribution in [0.25, 0.3) is 0 Å². The Bertz CT molecular complexity index is 370. The average Bonchev–Trinajstić information content (AvgIpc) is 2.29. The van der Waals surface area contributed by atoms with Crippen LogP contribution in [0.5, 0.6) is 0 Å². The molecular weight excluding hydrogens is 214 g/mol. The molecule has 1 aliphatic heterocycles. The SMILES string of the molecule is CC1CC(N)CN(C(=O)Cc2ccccn2)C1. The molecule has 1 saturated heterocycles. The smallest absolute Gasteiger partial charge is 0.228 e. The lowest BCUT2D eigenvalue weighted by molar-refractivity contribution is -0.132. The van der Waals surface area contributed by atoms with Crippen molar-refractivity contribution < 1.29 is 4.79 Å². The van der Waals surface area contributed by atoms with Gasteiger partial charge in [-0.2, -0.15) is 0 Å². The van der Waals surface area contributed by atoms with Crippen molar-refractivity contribution >= 4 is 5.91 Å². The van der Waals surface area contributed by atoms with Gasteiger partial charge in [0.2, 0.25) is 5.91 Å². The number of carbonyl (C=O) groups is 1. The topological polar surface area (TPSA) is 59.2 Å². The summed E-state index contributed by atoms with van der Waals surface area (Å²) in [6, 6.07) is 5.75. The zero-order valence-corrected chi connectivity index (χ0v) is 10.2. The first-order valence-corrected chi connectivity index (χ1v) is 6.08. The lowest BCUT2D eigenvalue weighted by Crippen LogP contribution is -2.49. The molecule has 17 heavy (non-hydrogen) atoms. The Balaban J connectivity index is 1.96. The molecule has 1 aromatic rings. The zero-order valence-electron chi connectivity index (χ0n) is 10.2. The number of amides is 1. The third-order valence-corrected chi connectivity index (χ3v) is 3.10. The molecule has 2 N–H and O–H groups in total. The van der Waals surface area contributed by atoms with Crippen molar-refractivity contribution in [3.63, 3.8) is 0 Å². The predicted octanol–water partition coefficient (Wildman–Crippen LogP) is 0.820. The largest absolute Gasteiger partial charge is 0.341 e. The summed E-state index contributed by atoms with van der Waals surface area (Å²) in [6.07, 6.45) is 3.10. The van der Waals surface area contributed by atoms with Crippen molar-refractivity contribution in [3.05, 3.63) is 30.1 Å². The summed E-state index contributed by atoms with van der Waals surface area (Å²) in [6.45, 7) is 3.63. The molecule has 0 aromatic carbocycles. The van der Waals surface area contributed by atoms with Crippen molar-refractivity contribution in [1.82, 2.24) is 9.88 Å². The van der Waals surface area contributed by atoms with Crippen LogP contribution in [0.3, 0.4) is 0 Å². The van der Waals surface area contributed by atoms with Gasteiger partial charge in [-0.25, -0.2) is 0 Å². The number of aromatic nitrogens is 1. The molecular formula is C13H19N3O. The highest BCUT2D eigenvalue weighted by molar-refractivity contribution is 5.78. The third kappa shape index (κ3) is 3.27. The van der Waals surface area contributed by atoms with Gasteiger partial charge >= 0.3 is 0 Å². The molecule has 2 heterocycles. The fourth-order valence-electron chi connectivity index (χ4n) is 2.37. The van der Waals surface area contributed by atoms with E-state index < -0.39 is 0 Å². The highest BCUT2D eigenvalue weighted by atomic mass is 16.2. The van der Waals surface area contributed by atoms with Crippen LogP contribution in [0.15, 0.2) is 24.4 Å². The molecule has 2 atom stereocenters. The number of hydrogen-bond donors (Lipinski definition) is 1. The minimum Gasteiger partial charge on any atom is -0.341 e. The summed E-state index contributed by atoms with van der Waals surface area (Å²) in [5.74, 6) is 0.622. The first-order chi connectivity index (χ1) is 8.15. The van der Waals surface area contributed by atoms with Gasteiger partial charge < -0.3 is 10.6 Å². The van der Waals surface area contributed by atoms with E-state index in [9.17, 15) is 4.79 Å². The van der Waals surface area contributed by atoms with E-state index in [1.54, 1.807) is 6.20 Å². The van der Waals surface area contributed by atoms with Crippen LogP contribution in [0, 0.1) is 5.92 Å². The van der Waals surface area contributed by atoms with Gasteiger partial charge in [0.05, 0.1) is 6.42 Å². The molecule has 0 radical (unpaired) electrons. The van der Waals surface area contributed by atoms with Gasteiger partial charge in [0, 0.05) is 31.0 Å². The number of nitrogens with zero attached hydrogens (tertiary/aromatic N) is 2. The number of pyridine rings is 1. The molecule has 2 rings (SSSR count). The Morgan fingerprint density at radius 2 is 2.35 bits per heavy atom. The third-order valence-electron chi connectivity index (χ3n) is 3.10. The van der Waals surface area contributed by atoms with E-state index in [0.29, 0.717) is 18.9 Å². The van der Waals surface area contributed by atoms with E-state index >= 15 is 0 Å². The second-order valence-electron chi connectivity index (χ2n) is 4.90. The molecule has 4 nitrogen and oxygen atoms in total. The van der Waals surface area contributed by atoms with E-state index in [4.69, 9.17) is 5.73 Å². The lowest BCUT2D eigenvalue weighted by Gasteiger charge is -2.34. The number of likely N-dealkylation sites (tertiary alicyclic amines) is 1. The molecule has 1 aliphatic rings. The molecule has 0 saturated carbocycles. The number of nitrogens with two attached hydrogens (primary N) is 1. The summed E-state index contributed by atoms with van der Waals surface area (Å²) in [4.78, 5) is 18.1. The predicted molar refractivity (Wildman–Crippen MR) is 66.3 cm³/mol. The van der Waals surface area contributed by atoms with Crippen LogP contribution in [0.2, 0.25) is 0 Å². The number of hydrogen-bond acceptors (Lipinski definition) is 3. The minimum absolute atomic E-state index is 0.117. The monoisotopic (exact) mass is 233 g/mol. The lowest BCUT2D eigenvalue weighted by atomic mass is 9.96.